The molecular weight excluding hydrogens is 332 g/mol. The zero-order valence-corrected chi connectivity index (χ0v) is 13.4. The third kappa shape index (κ3) is 5.55. The molecule has 1 aromatic heterocycles. The van der Waals surface area contributed by atoms with Gasteiger partial charge in [0.05, 0.1) is 9.50 Å². The Bertz CT molecular complexity index is 533. The number of phenols is 1. The minimum Gasteiger partial charge on any atom is -0.505 e. The van der Waals surface area contributed by atoms with Crippen molar-refractivity contribution < 1.29 is 9.90 Å². The average molecular weight is 348 g/mol. The molecule has 1 heterocycles. The van der Waals surface area contributed by atoms with Crippen LogP contribution in [0.15, 0.2) is 28.9 Å². The van der Waals surface area contributed by atoms with Gasteiger partial charge >= 0.3 is 0 Å². The van der Waals surface area contributed by atoms with Crippen molar-refractivity contribution in [2.45, 2.75) is 0 Å². The fraction of sp³-hybridized carbons (Fsp3) is 0.231. The standard InChI is InChI=1S/C9H5BrClNO.C3H9N.CH2O/c10-6-4-7(11)5-2-1-3-12-8(5)9(6)13;1-4(2)3;1-2/h1-4,13H;1-3H3;1H2. The van der Waals surface area contributed by atoms with Gasteiger partial charge in [-0.3, -0.25) is 4.98 Å². The van der Waals surface area contributed by atoms with Crippen LogP contribution in [0.25, 0.3) is 10.9 Å². The van der Waals surface area contributed by atoms with Crippen LogP contribution in [-0.2, 0) is 4.79 Å². The lowest BCUT2D eigenvalue weighted by Gasteiger charge is -2.03. The van der Waals surface area contributed by atoms with Gasteiger partial charge in [0.25, 0.3) is 0 Å². The van der Waals surface area contributed by atoms with Gasteiger partial charge in [-0.1, -0.05) is 11.6 Å². The number of aromatic hydroxyl groups is 1. The van der Waals surface area contributed by atoms with E-state index in [4.69, 9.17) is 16.4 Å². The Morgan fingerprint density at radius 2 is 1.89 bits per heavy atom. The molecule has 4 nitrogen and oxygen atoms in total. The number of hydrogen-bond acceptors (Lipinski definition) is 4. The number of phenolic OH excluding ortho intramolecular Hbond substituents is 1. The summed E-state index contributed by atoms with van der Waals surface area (Å²) in [6.45, 7) is 2.00. The Labute approximate surface area is 126 Å². The summed E-state index contributed by atoms with van der Waals surface area (Å²) in [5.41, 5.74) is 0.516. The number of carbonyl (C=O) groups is 1. The fourth-order valence-electron chi connectivity index (χ4n) is 1.16. The maximum atomic E-state index is 9.61. The molecule has 104 valence electrons. The monoisotopic (exact) mass is 346 g/mol. The second kappa shape index (κ2) is 8.85. The molecule has 0 aliphatic carbocycles. The summed E-state index contributed by atoms with van der Waals surface area (Å²) in [6.07, 6.45) is 1.62. The predicted octanol–water partition coefficient (Wildman–Crippen LogP) is 3.35. The van der Waals surface area contributed by atoms with E-state index in [-0.39, 0.29) is 5.75 Å². The summed E-state index contributed by atoms with van der Waals surface area (Å²) < 4.78 is 0.559. The maximum absolute atomic E-state index is 9.61. The fourth-order valence-corrected chi connectivity index (χ4v) is 1.97. The molecule has 0 fully saturated rings. The highest BCUT2D eigenvalue weighted by molar-refractivity contribution is 9.10. The normalized spacial score (nSPS) is 9.37. The molecule has 2 aromatic rings. The SMILES string of the molecule is C=O.CN(C)C.Oc1c(Br)cc(Cl)c2cccnc12. The number of carbonyl (C=O) groups excluding carboxylic acids is 1. The van der Waals surface area contributed by atoms with Crippen LogP contribution in [0.2, 0.25) is 5.02 Å². The number of aromatic nitrogens is 1. The minimum atomic E-state index is 0.125. The largest absolute Gasteiger partial charge is 0.505 e. The molecule has 6 heteroatoms. The number of halogens is 2. The minimum absolute atomic E-state index is 0.125. The lowest BCUT2D eigenvalue weighted by Crippen LogP contribution is -1.99. The third-order valence-electron chi connectivity index (χ3n) is 1.77. The maximum Gasteiger partial charge on any atom is 0.156 e. The van der Waals surface area contributed by atoms with E-state index < -0.39 is 0 Å². The lowest BCUT2D eigenvalue weighted by molar-refractivity contribution is -0.0979. The summed E-state index contributed by atoms with van der Waals surface area (Å²) in [5, 5.41) is 10.9. The van der Waals surface area contributed by atoms with Crippen molar-refractivity contribution in [1.29, 1.82) is 0 Å². The van der Waals surface area contributed by atoms with Gasteiger partial charge in [-0.2, -0.15) is 0 Å². The molecule has 0 bridgehead atoms. The summed E-state index contributed by atoms with van der Waals surface area (Å²) >= 11 is 9.15. The second-order valence-corrected chi connectivity index (χ2v) is 5.19. The number of pyridine rings is 1. The quantitative estimate of drug-likeness (QED) is 0.794. The smallest absolute Gasteiger partial charge is 0.156 e. The van der Waals surface area contributed by atoms with E-state index in [0.717, 1.165) is 5.39 Å². The molecule has 0 unspecified atom stereocenters. The molecule has 0 saturated carbocycles. The average Bonchev–Trinajstić information content (AvgIpc) is 2.38. The topological polar surface area (TPSA) is 53.4 Å². The highest BCUT2D eigenvalue weighted by Crippen LogP contribution is 2.35. The van der Waals surface area contributed by atoms with Gasteiger partial charge in [-0.05, 0) is 55.3 Å². The molecule has 0 aliphatic heterocycles. The number of fused-ring (bicyclic) bond motifs is 1. The molecule has 19 heavy (non-hydrogen) atoms. The number of nitrogens with zero attached hydrogens (tertiary/aromatic N) is 2. The van der Waals surface area contributed by atoms with Gasteiger partial charge < -0.3 is 14.8 Å². The molecule has 0 saturated heterocycles. The Morgan fingerprint density at radius 3 is 2.42 bits per heavy atom. The van der Waals surface area contributed by atoms with E-state index in [0.29, 0.717) is 15.0 Å². The first-order chi connectivity index (χ1) is 8.93. The first-order valence-corrected chi connectivity index (χ1v) is 6.42. The predicted molar refractivity (Wildman–Crippen MR) is 82.8 cm³/mol. The van der Waals surface area contributed by atoms with Crippen molar-refractivity contribution in [2.75, 3.05) is 21.1 Å². The number of benzene rings is 1. The van der Waals surface area contributed by atoms with Crippen molar-refractivity contribution in [2.24, 2.45) is 0 Å². The highest BCUT2D eigenvalue weighted by Gasteiger charge is 2.08. The second-order valence-electron chi connectivity index (χ2n) is 3.93. The van der Waals surface area contributed by atoms with Crippen molar-refractivity contribution in [3.63, 3.8) is 0 Å². The highest BCUT2D eigenvalue weighted by atomic mass is 79.9. The van der Waals surface area contributed by atoms with Crippen molar-refractivity contribution in [3.8, 4) is 5.75 Å². The summed E-state index contributed by atoms with van der Waals surface area (Å²) in [6, 6.07) is 5.25. The molecule has 0 radical (unpaired) electrons. The zero-order chi connectivity index (χ0) is 15.0. The van der Waals surface area contributed by atoms with Crippen molar-refractivity contribution >= 4 is 45.2 Å². The van der Waals surface area contributed by atoms with Gasteiger partial charge in [0.1, 0.15) is 12.3 Å². The van der Waals surface area contributed by atoms with Gasteiger partial charge in [-0.25, -0.2) is 0 Å². The first-order valence-electron chi connectivity index (χ1n) is 5.25. The van der Waals surface area contributed by atoms with Gasteiger partial charge in [0.2, 0.25) is 0 Å². The van der Waals surface area contributed by atoms with Crippen LogP contribution < -0.4 is 0 Å². The molecule has 0 amide bonds. The van der Waals surface area contributed by atoms with E-state index in [2.05, 4.69) is 20.9 Å². The van der Waals surface area contributed by atoms with Crippen LogP contribution in [0.1, 0.15) is 0 Å². The van der Waals surface area contributed by atoms with Crippen molar-refractivity contribution in [3.05, 3.63) is 33.9 Å². The van der Waals surface area contributed by atoms with E-state index in [1.54, 1.807) is 18.3 Å². The molecular formula is C13H16BrClN2O2. The zero-order valence-electron chi connectivity index (χ0n) is 11.0. The van der Waals surface area contributed by atoms with E-state index in [1.165, 1.54) is 0 Å². The molecule has 0 spiro atoms. The molecule has 0 aliphatic rings. The van der Waals surface area contributed by atoms with E-state index >= 15 is 0 Å². The Hall–Kier alpha value is -1.17. The first kappa shape index (κ1) is 17.8. The van der Waals surface area contributed by atoms with Crippen LogP contribution in [0.3, 0.4) is 0 Å². The van der Waals surface area contributed by atoms with Crippen LogP contribution in [-0.4, -0.2) is 42.9 Å². The van der Waals surface area contributed by atoms with E-state index in [1.807, 2.05) is 38.9 Å². The van der Waals surface area contributed by atoms with Gasteiger partial charge in [0.15, 0.2) is 5.75 Å². The van der Waals surface area contributed by atoms with Crippen LogP contribution in [0.4, 0.5) is 0 Å². The number of hydrogen-bond donors (Lipinski definition) is 1. The third-order valence-corrected chi connectivity index (χ3v) is 2.69. The molecule has 0 atom stereocenters. The van der Waals surface area contributed by atoms with Crippen LogP contribution >= 0.6 is 27.5 Å². The Kier molecular flexibility index (Phi) is 8.30. The van der Waals surface area contributed by atoms with Gasteiger partial charge in [-0.15, -0.1) is 0 Å². The number of rotatable bonds is 0. The summed E-state index contributed by atoms with van der Waals surface area (Å²) in [5.74, 6) is 0.125. The van der Waals surface area contributed by atoms with Crippen molar-refractivity contribution in [1.82, 2.24) is 9.88 Å². The molecule has 1 N–H and O–H groups in total. The van der Waals surface area contributed by atoms with E-state index in [9.17, 15) is 5.11 Å². The summed E-state index contributed by atoms with van der Waals surface area (Å²) in [4.78, 5) is 14.0. The lowest BCUT2D eigenvalue weighted by atomic mass is 10.2. The van der Waals surface area contributed by atoms with Gasteiger partial charge in [0, 0.05) is 11.6 Å². The molecule has 1 aromatic carbocycles. The summed E-state index contributed by atoms with van der Waals surface area (Å²) in [7, 11) is 6.00. The Balaban J connectivity index is 0.000000467. The molecule has 2 rings (SSSR count). The van der Waals surface area contributed by atoms with Crippen LogP contribution in [0.5, 0.6) is 5.75 Å². The Morgan fingerprint density at radius 1 is 1.37 bits per heavy atom. The van der Waals surface area contributed by atoms with Crippen LogP contribution in [0, 0.1) is 0 Å².